The second-order valence-electron chi connectivity index (χ2n) is 20.9. The molecule has 2 saturated heterocycles. The fourth-order valence-corrected chi connectivity index (χ4v) is 10.6. The number of urea groups is 2. The molecule has 12 rings (SSSR count). The van der Waals surface area contributed by atoms with Crippen molar-refractivity contribution in [1.82, 2.24) is 50.6 Å². The maximum atomic E-state index is 13.0. The monoisotopic (exact) mass is 1520 g/mol. The topological polar surface area (TPSA) is 302 Å². The Hall–Kier alpha value is -10.4. The number of benzene rings is 6. The highest BCUT2D eigenvalue weighted by Gasteiger charge is 2.49. The summed E-state index contributed by atoms with van der Waals surface area (Å²) in [5.74, 6) is 8.78. The minimum Gasteiger partial charge on any atom is -0.497 e. The zero-order valence-electron chi connectivity index (χ0n) is 50.6. The van der Waals surface area contributed by atoms with Crippen LogP contribution in [-0.2, 0) is 36.8 Å². The smallest absolute Gasteiger partial charge is 0.323 e. The van der Waals surface area contributed by atoms with E-state index in [1.807, 2.05) is 67.7 Å². The number of aryl methyl sites for hydroxylation is 2. The molecule has 6 aromatic carbocycles. The molecule has 2 atom stereocenters. The quantitative estimate of drug-likeness (QED) is 0.0219. The van der Waals surface area contributed by atoms with Crippen molar-refractivity contribution in [3.63, 3.8) is 0 Å². The van der Waals surface area contributed by atoms with Crippen LogP contribution in [0.2, 0.25) is 0 Å². The van der Waals surface area contributed by atoms with Crippen molar-refractivity contribution in [2.75, 3.05) is 50.7 Å². The Bertz CT molecular complexity index is 4360. The predicted octanol–water partition coefficient (Wildman–Crippen LogP) is 9.14. The van der Waals surface area contributed by atoms with Crippen LogP contribution in [0.25, 0.3) is 27.4 Å². The lowest BCUT2D eigenvalue weighted by Crippen LogP contribution is -2.54. The van der Waals surface area contributed by atoms with Crippen molar-refractivity contribution in [2.24, 2.45) is 14.1 Å². The maximum absolute atomic E-state index is 13.0. The number of nitrogen functional groups attached to an aromatic ring is 2. The normalized spacial score (nSPS) is 16.1. The number of carbonyl (C=O) groups excluding carboxylic acids is 8. The van der Waals surface area contributed by atoms with Crippen LogP contribution in [0, 0.1) is 30.8 Å². The van der Waals surface area contributed by atoms with Crippen LogP contribution >= 0.6 is 63.7 Å². The van der Waals surface area contributed by atoms with E-state index in [1.54, 1.807) is 101 Å². The Kier molecular flexibility index (Phi) is 22.8. The number of nitrogens with zero attached hydrogens (tertiary/aromatic N) is 7. The summed E-state index contributed by atoms with van der Waals surface area (Å²) in [7, 11) is 6.64. The summed E-state index contributed by atoms with van der Waals surface area (Å²) in [6.07, 6.45) is 5.41. The van der Waals surface area contributed by atoms with Gasteiger partial charge in [-0.1, -0.05) is 130 Å². The second-order valence-corrected chi connectivity index (χ2v) is 24.2. The summed E-state index contributed by atoms with van der Waals surface area (Å²) in [5, 5.41) is 18.4. The van der Waals surface area contributed by atoms with Crippen molar-refractivity contribution in [1.29, 1.82) is 0 Å². The molecule has 478 valence electrons. The number of Topliss-reactive ketones (excluding diaryl/α,β-unsaturated/α-hetero) is 2. The average molecular weight is 1520 g/mol. The SMILES string of the molecule is C#C[C@]1(CN2Cc3ccc(OC)cc3C2=O)NC(=O)NC1=O.COc1ccc2c(c1)C(=O)N(C[C@@]1(C#Cc3ccc(-c4cc(N)n(C)n4)cc3)NC(=O)NC1=O)C2.Cn1nc(-c2ccc(Br)cc2)cc1N.O=C(CBr)c1ccc(Br)cc1.[C-]#[N+]CC(=O)c1ccc(Br)cc1. The molecule has 94 heavy (non-hydrogen) atoms. The molecule has 0 saturated carbocycles. The molecular formula is C67H57Br4N13O10. The minimum absolute atomic E-state index is 0.0678. The number of hydrogen-bond acceptors (Lipinski definition) is 14. The number of amides is 8. The number of rotatable bonds is 12. The van der Waals surface area contributed by atoms with E-state index in [0.29, 0.717) is 63.8 Å². The number of methoxy groups -OCH3 is 2. The number of nitrogens with two attached hydrogens (primary N) is 2. The van der Waals surface area contributed by atoms with Gasteiger partial charge in [0, 0.05) is 91.7 Å². The summed E-state index contributed by atoms with van der Waals surface area (Å²) < 4.78 is 16.5. The fourth-order valence-electron chi connectivity index (χ4n) is 9.52. The van der Waals surface area contributed by atoms with E-state index in [4.69, 9.17) is 33.9 Å². The van der Waals surface area contributed by atoms with E-state index in [-0.39, 0.29) is 43.0 Å². The van der Waals surface area contributed by atoms with Crippen molar-refractivity contribution in [2.45, 2.75) is 24.2 Å². The van der Waals surface area contributed by atoms with Crippen LogP contribution < -0.4 is 42.2 Å². The van der Waals surface area contributed by atoms with Gasteiger partial charge in [0.2, 0.25) is 11.3 Å². The maximum Gasteiger partial charge on any atom is 0.323 e. The molecule has 8 N–H and O–H groups in total. The Balaban J connectivity index is 0.000000164. The summed E-state index contributed by atoms with van der Waals surface area (Å²) in [6.45, 7) is 6.89. The lowest BCUT2D eigenvalue weighted by atomic mass is 9.98. The highest BCUT2D eigenvalue weighted by atomic mass is 79.9. The molecule has 4 aliphatic heterocycles. The zero-order chi connectivity index (χ0) is 68.0. The Morgan fingerprint density at radius 1 is 0.606 bits per heavy atom. The van der Waals surface area contributed by atoms with Crippen LogP contribution in [0.4, 0.5) is 21.2 Å². The number of carbonyl (C=O) groups is 8. The van der Waals surface area contributed by atoms with Gasteiger partial charge in [0.15, 0.2) is 11.3 Å². The van der Waals surface area contributed by atoms with Crippen LogP contribution in [-0.4, -0.2) is 127 Å². The first-order chi connectivity index (χ1) is 44.9. The summed E-state index contributed by atoms with van der Waals surface area (Å²) >= 11 is 13.1. The number of alkyl halides is 1. The number of anilines is 2. The van der Waals surface area contributed by atoms with Crippen LogP contribution in [0.5, 0.6) is 11.5 Å². The van der Waals surface area contributed by atoms with Gasteiger partial charge in [0.1, 0.15) is 23.1 Å². The zero-order valence-corrected chi connectivity index (χ0v) is 56.9. The number of terminal acetylenes is 1. The Morgan fingerprint density at radius 3 is 1.38 bits per heavy atom. The fraction of sp³-hybridized carbons (Fsp3) is 0.179. The van der Waals surface area contributed by atoms with Gasteiger partial charge in [-0.2, -0.15) is 10.2 Å². The van der Waals surface area contributed by atoms with Gasteiger partial charge in [0.25, 0.3) is 30.2 Å². The molecular weight excluding hydrogens is 1470 g/mol. The second kappa shape index (κ2) is 30.8. The molecule has 23 nitrogen and oxygen atoms in total. The van der Waals surface area contributed by atoms with Crippen molar-refractivity contribution in [3.05, 3.63) is 209 Å². The lowest BCUT2D eigenvalue weighted by Gasteiger charge is -2.26. The molecule has 0 aliphatic carbocycles. The van der Waals surface area contributed by atoms with Crippen molar-refractivity contribution >= 4 is 123 Å². The minimum atomic E-state index is -1.58. The van der Waals surface area contributed by atoms with E-state index < -0.39 is 35.0 Å². The number of aromatic nitrogens is 4. The third kappa shape index (κ3) is 16.8. The third-order valence-electron chi connectivity index (χ3n) is 14.6. The first-order valence-corrected chi connectivity index (χ1v) is 31.5. The van der Waals surface area contributed by atoms with Gasteiger partial charge >= 0.3 is 12.1 Å². The average Bonchev–Trinajstić information content (AvgIpc) is 1.63. The third-order valence-corrected chi connectivity index (χ3v) is 16.7. The van der Waals surface area contributed by atoms with Crippen molar-refractivity contribution < 1.29 is 47.8 Å². The molecule has 4 aliphatic rings. The number of halogens is 4. The highest BCUT2D eigenvalue weighted by Crippen LogP contribution is 2.31. The van der Waals surface area contributed by atoms with Gasteiger partial charge in [-0.25, -0.2) is 16.2 Å². The van der Waals surface area contributed by atoms with E-state index in [2.05, 4.69) is 118 Å². The molecule has 2 fully saturated rings. The number of ether oxygens (including phenoxy) is 2. The van der Waals surface area contributed by atoms with Gasteiger partial charge in [-0.15, -0.1) is 6.42 Å². The van der Waals surface area contributed by atoms with Gasteiger partial charge < -0.3 is 46.2 Å². The molecule has 0 unspecified atom stereocenters. The molecule has 2 aromatic heterocycles. The predicted molar refractivity (Wildman–Crippen MR) is 366 cm³/mol. The Labute approximate surface area is 573 Å². The summed E-state index contributed by atoms with van der Waals surface area (Å²) in [6, 6.07) is 42.3. The molecule has 0 spiro atoms. The van der Waals surface area contributed by atoms with E-state index in [0.717, 1.165) is 52.6 Å². The number of imide groups is 2. The molecule has 6 heterocycles. The molecule has 8 aromatic rings. The van der Waals surface area contributed by atoms with E-state index >= 15 is 0 Å². The first-order valence-electron chi connectivity index (χ1n) is 28.0. The van der Waals surface area contributed by atoms with Gasteiger partial charge in [-0.3, -0.25) is 48.8 Å². The van der Waals surface area contributed by atoms with Crippen LogP contribution in [0.3, 0.4) is 0 Å². The number of ketones is 2. The number of fused-ring (bicyclic) bond motifs is 2. The highest BCUT2D eigenvalue weighted by molar-refractivity contribution is 9.11. The largest absolute Gasteiger partial charge is 0.497 e. The van der Waals surface area contributed by atoms with Crippen LogP contribution in [0.15, 0.2) is 159 Å². The van der Waals surface area contributed by atoms with E-state index in [1.165, 1.54) is 24.0 Å². The first kappa shape index (κ1) is 69.5. The molecule has 0 bridgehead atoms. The van der Waals surface area contributed by atoms with E-state index in [9.17, 15) is 38.4 Å². The number of nitrogens with one attached hydrogen (secondary N) is 4. The number of hydrogen-bond donors (Lipinski definition) is 6. The molecule has 27 heteroatoms. The standard InChI is InChI=1S/C25H22N6O4.C15H13N3O4.C10H10BrN3.C9H6BrNO.C8H6Br2O/c1-30-21(26)12-20(29-30)16-5-3-15(4-6-16)9-10-25(23(33)27-24(34)28-25)14-31-13-17-7-8-18(35-2)11-19(17)22(31)32;1-3-15(13(20)16-14(21)17-15)8-18-7-9-4-5-10(22-2)6-11(9)12(18)19;1-14-10(12)6-9(13-14)7-2-4-8(11)5-3-7;1-11-6-9(12)7-2-4-8(10)5-3-7;9-5-8(11)6-1-3-7(10)4-2-6/h3-8,11-12H,13-14,26H2,1-2H3,(H2,27,28,33,34);1,4-6H,7-8H2,2H3,(H2,16,17,20,21);2-6H,12H2,1H3;2-5H,6H2;1-4H,5H2/t25-;15-;;;/m11.../s1. The van der Waals surface area contributed by atoms with Crippen LogP contribution in [0.1, 0.15) is 58.1 Å². The lowest BCUT2D eigenvalue weighted by molar-refractivity contribution is -0.123. The molecule has 0 radical (unpaired) electrons. The van der Waals surface area contributed by atoms with Crippen molar-refractivity contribution in [3.8, 4) is 58.2 Å². The van der Waals surface area contributed by atoms with Gasteiger partial charge in [0.05, 0.1) is 44.0 Å². The Morgan fingerprint density at radius 2 is 1.01 bits per heavy atom. The van der Waals surface area contributed by atoms with Gasteiger partial charge in [-0.05, 0) is 96.1 Å². The molecule has 8 amide bonds. The summed E-state index contributed by atoms with van der Waals surface area (Å²) in [5.41, 5.74) is 16.6. The summed E-state index contributed by atoms with van der Waals surface area (Å²) in [4.78, 5) is 102.